The van der Waals surface area contributed by atoms with Crippen molar-refractivity contribution >= 4 is 45.9 Å². The Labute approximate surface area is 236 Å². The lowest BCUT2D eigenvalue weighted by molar-refractivity contribution is -0.205. The third-order valence-electron chi connectivity index (χ3n) is 7.67. The summed E-state index contributed by atoms with van der Waals surface area (Å²) in [6, 6.07) is -1.26. The molecular weight excluding hydrogens is 550 g/mol. The molecule has 3 aliphatic heterocycles. The number of nitrogens with two attached hydrogens (primary N) is 1. The summed E-state index contributed by atoms with van der Waals surface area (Å²) in [7, 11) is 0. The van der Waals surface area contributed by atoms with Crippen LogP contribution in [0.5, 0.6) is 0 Å². The van der Waals surface area contributed by atoms with Gasteiger partial charge in [-0.1, -0.05) is 43.9 Å². The first-order chi connectivity index (χ1) is 18.1. The van der Waals surface area contributed by atoms with Crippen molar-refractivity contribution in [2.45, 2.75) is 97.7 Å². The maximum atomic E-state index is 13.7. The van der Waals surface area contributed by atoms with E-state index < -0.39 is 41.9 Å². The van der Waals surface area contributed by atoms with Crippen LogP contribution in [0.25, 0.3) is 0 Å². The summed E-state index contributed by atoms with van der Waals surface area (Å²) in [5.41, 5.74) is 4.99. The van der Waals surface area contributed by atoms with E-state index in [-0.39, 0.29) is 23.2 Å². The number of anilines is 1. The van der Waals surface area contributed by atoms with E-state index in [4.69, 9.17) is 15.2 Å². The molecule has 1 aromatic rings. The van der Waals surface area contributed by atoms with Crippen molar-refractivity contribution in [2.75, 3.05) is 25.1 Å². The highest BCUT2D eigenvalue weighted by atomic mass is 32.2. The first-order valence-electron chi connectivity index (χ1n) is 13.2. The smallest absolute Gasteiger partial charge is 0.240 e. The van der Waals surface area contributed by atoms with E-state index in [0.717, 1.165) is 19.3 Å². The Morgan fingerprint density at radius 2 is 2.00 bits per heavy atom. The van der Waals surface area contributed by atoms with Crippen LogP contribution in [-0.2, 0) is 14.3 Å². The molecule has 0 saturated carbocycles. The van der Waals surface area contributed by atoms with E-state index in [0.29, 0.717) is 34.5 Å². The molecule has 38 heavy (non-hydrogen) atoms. The molecule has 4 heterocycles. The molecule has 7 N–H and O–H groups in total. The molecule has 11 nitrogen and oxygen atoms in total. The molecule has 3 aliphatic rings. The number of rotatable bonds is 9. The summed E-state index contributed by atoms with van der Waals surface area (Å²) in [5.74, 6) is 1.21. The zero-order chi connectivity index (χ0) is 27.6. The number of aromatic nitrogens is 2. The van der Waals surface area contributed by atoms with Crippen molar-refractivity contribution in [2.24, 2.45) is 17.8 Å². The molecule has 216 valence electrons. The van der Waals surface area contributed by atoms with Gasteiger partial charge in [0.2, 0.25) is 11.0 Å². The van der Waals surface area contributed by atoms with E-state index >= 15 is 0 Å². The van der Waals surface area contributed by atoms with E-state index in [1.54, 1.807) is 6.26 Å². The molecular formula is C24H41N5O6S3. The highest BCUT2D eigenvalue weighted by Crippen LogP contribution is 2.36. The van der Waals surface area contributed by atoms with Gasteiger partial charge in [-0.25, -0.2) is 0 Å². The molecule has 14 heteroatoms. The third kappa shape index (κ3) is 6.95. The third-order valence-corrected chi connectivity index (χ3v) is 10.6. The summed E-state index contributed by atoms with van der Waals surface area (Å²) in [4.78, 5) is 13.7. The van der Waals surface area contributed by atoms with Crippen LogP contribution in [0.3, 0.4) is 0 Å². The Morgan fingerprint density at radius 3 is 2.66 bits per heavy atom. The second kappa shape index (κ2) is 13.3. The molecule has 11 atom stereocenters. The lowest BCUT2D eigenvalue weighted by Crippen LogP contribution is -2.65. The van der Waals surface area contributed by atoms with Gasteiger partial charge in [-0.3, -0.25) is 4.79 Å². The fourth-order valence-corrected chi connectivity index (χ4v) is 8.56. The number of amides is 1. The normalized spacial score (nSPS) is 37.4. The van der Waals surface area contributed by atoms with Crippen molar-refractivity contribution < 1.29 is 29.6 Å². The van der Waals surface area contributed by atoms with Crippen molar-refractivity contribution in [1.29, 1.82) is 0 Å². The second-order valence-electron chi connectivity index (χ2n) is 10.9. The molecule has 0 spiro atoms. The second-order valence-corrected chi connectivity index (χ2v) is 14.5. The van der Waals surface area contributed by atoms with Crippen LogP contribution in [0.2, 0.25) is 0 Å². The van der Waals surface area contributed by atoms with Gasteiger partial charge in [0.1, 0.15) is 35.9 Å². The van der Waals surface area contributed by atoms with Crippen molar-refractivity contribution in [3.8, 4) is 0 Å². The molecule has 0 radical (unpaired) electrons. The largest absolute Gasteiger partial charge is 0.388 e. The molecule has 1 aromatic heterocycles. The molecule has 2 unspecified atom stereocenters. The molecule has 3 saturated heterocycles. The predicted molar refractivity (Wildman–Crippen MR) is 149 cm³/mol. The first kappa shape index (κ1) is 30.3. The van der Waals surface area contributed by atoms with Gasteiger partial charge in [-0.15, -0.1) is 22.0 Å². The van der Waals surface area contributed by atoms with Gasteiger partial charge < -0.3 is 41.2 Å². The number of carbonyl (C=O) groups is 1. The average molecular weight is 592 g/mol. The highest BCUT2D eigenvalue weighted by molar-refractivity contribution is 8.01. The van der Waals surface area contributed by atoms with Gasteiger partial charge in [0, 0.05) is 18.4 Å². The van der Waals surface area contributed by atoms with Gasteiger partial charge in [0.05, 0.1) is 12.1 Å². The van der Waals surface area contributed by atoms with Crippen LogP contribution in [-0.4, -0.2) is 104 Å². The van der Waals surface area contributed by atoms with Crippen LogP contribution >= 0.6 is 34.9 Å². The SMILES string of the molecule is CSC1O[C@H]([C@H](NC(=O)[C@H]2NC[C@@H]3C[C@H](CC(C)C)CCO[C@H]32)[C@H](C)Sc2nnc(N)s2)C(O)[C@@H](O)[C@H]1O. The molecule has 4 rings (SSSR count). The quantitative estimate of drug-likeness (QED) is 0.222. The lowest BCUT2D eigenvalue weighted by atomic mass is 9.85. The van der Waals surface area contributed by atoms with E-state index in [2.05, 4.69) is 34.7 Å². The topological polar surface area (TPSA) is 172 Å². The zero-order valence-electron chi connectivity index (χ0n) is 22.2. The minimum absolute atomic E-state index is 0.234. The van der Waals surface area contributed by atoms with Gasteiger partial charge in [0.25, 0.3) is 0 Å². The molecule has 0 bridgehead atoms. The summed E-state index contributed by atoms with van der Waals surface area (Å²) in [5, 5.41) is 46.3. The van der Waals surface area contributed by atoms with Crippen LogP contribution in [0, 0.1) is 17.8 Å². The maximum absolute atomic E-state index is 13.7. The van der Waals surface area contributed by atoms with Gasteiger partial charge in [-0.2, -0.15) is 0 Å². The number of fused-ring (bicyclic) bond motifs is 1. The van der Waals surface area contributed by atoms with Crippen LogP contribution in [0.15, 0.2) is 4.34 Å². The summed E-state index contributed by atoms with van der Waals surface area (Å²) in [6.07, 6.45) is -0.353. The monoisotopic (exact) mass is 591 g/mol. The molecule has 1 amide bonds. The fourth-order valence-electron chi connectivity index (χ4n) is 5.86. The Bertz CT molecular complexity index is 926. The van der Waals surface area contributed by atoms with Gasteiger partial charge >= 0.3 is 0 Å². The van der Waals surface area contributed by atoms with E-state index in [1.165, 1.54) is 34.9 Å². The number of carbonyl (C=O) groups excluding carboxylic acids is 1. The Kier molecular flexibility index (Phi) is 10.6. The standard InChI is InChI=1S/C24H41N5O6S3/c1-10(2)7-12-5-6-34-19-13(8-12)9-26-15(19)21(33)27-14(11(3)37-24-29-28-23(25)38-24)20-17(31)16(30)18(32)22(35-20)36-4/h10-20,22,26,30-32H,5-9H2,1-4H3,(H2,25,28)(H,27,33)/t11-,12-,13-,14+,15-,16+,17?,18+,19+,20+,22?/m0/s1. The molecule has 3 fully saturated rings. The van der Waals surface area contributed by atoms with E-state index in [1.807, 2.05) is 6.92 Å². The Morgan fingerprint density at radius 1 is 1.24 bits per heavy atom. The summed E-state index contributed by atoms with van der Waals surface area (Å²) >= 11 is 3.81. The molecule has 0 aromatic carbocycles. The number of nitrogen functional groups attached to an aromatic ring is 1. The highest BCUT2D eigenvalue weighted by Gasteiger charge is 2.50. The van der Waals surface area contributed by atoms with Crippen LogP contribution in [0.4, 0.5) is 5.13 Å². The Balaban J connectivity index is 1.51. The predicted octanol–water partition coefficient (Wildman–Crippen LogP) is 0.686. The number of hydrogen-bond acceptors (Lipinski definition) is 13. The average Bonchev–Trinajstić information content (AvgIpc) is 3.40. The van der Waals surface area contributed by atoms with Crippen LogP contribution < -0.4 is 16.4 Å². The minimum Gasteiger partial charge on any atom is -0.388 e. The number of hydrogen-bond donors (Lipinski definition) is 6. The zero-order valence-corrected chi connectivity index (χ0v) is 24.7. The number of aliphatic hydroxyl groups is 3. The van der Waals surface area contributed by atoms with Crippen molar-refractivity contribution in [3.05, 3.63) is 0 Å². The van der Waals surface area contributed by atoms with Crippen LogP contribution in [0.1, 0.15) is 40.0 Å². The summed E-state index contributed by atoms with van der Waals surface area (Å²) in [6.45, 7) is 7.70. The number of nitrogens with zero attached hydrogens (tertiary/aromatic N) is 2. The van der Waals surface area contributed by atoms with Crippen molar-refractivity contribution in [3.63, 3.8) is 0 Å². The van der Waals surface area contributed by atoms with Gasteiger partial charge in [0.15, 0.2) is 4.34 Å². The number of ether oxygens (including phenoxy) is 2. The Hall–Kier alpha value is -0.710. The van der Waals surface area contributed by atoms with Crippen molar-refractivity contribution in [1.82, 2.24) is 20.8 Å². The van der Waals surface area contributed by atoms with E-state index in [9.17, 15) is 20.1 Å². The maximum Gasteiger partial charge on any atom is 0.240 e. The van der Waals surface area contributed by atoms with Gasteiger partial charge in [-0.05, 0) is 43.3 Å². The minimum atomic E-state index is -1.42. The first-order valence-corrected chi connectivity index (χ1v) is 16.2. The lowest BCUT2D eigenvalue weighted by Gasteiger charge is -2.44. The number of nitrogens with one attached hydrogen (secondary N) is 2. The summed E-state index contributed by atoms with van der Waals surface area (Å²) < 4.78 is 12.9. The number of aliphatic hydroxyl groups excluding tert-OH is 3. The molecule has 0 aliphatic carbocycles. The fraction of sp³-hybridized carbons (Fsp3) is 0.875. The number of thioether (sulfide) groups is 2.